The smallest absolute Gasteiger partial charge is 0.257 e. The van der Waals surface area contributed by atoms with Crippen LogP contribution in [0.1, 0.15) is 47.4 Å². The molecule has 1 fully saturated rings. The number of carbonyl (C=O) groups is 1. The molecule has 27 heavy (non-hydrogen) atoms. The highest BCUT2D eigenvalue weighted by Gasteiger charge is 2.29. The highest BCUT2D eigenvalue weighted by atomic mass is 16.2. The van der Waals surface area contributed by atoms with E-state index in [9.17, 15) is 4.79 Å². The number of amides is 1. The summed E-state index contributed by atoms with van der Waals surface area (Å²) < 4.78 is 2.18. The van der Waals surface area contributed by atoms with Crippen molar-refractivity contribution in [1.82, 2.24) is 24.6 Å². The summed E-state index contributed by atoms with van der Waals surface area (Å²) in [5.74, 6) is 1.41. The second-order valence-corrected chi connectivity index (χ2v) is 7.19. The Kier molecular flexibility index (Phi) is 4.79. The molecule has 0 spiro atoms. The third-order valence-electron chi connectivity index (χ3n) is 5.34. The number of aromatic amines is 1. The maximum atomic E-state index is 13.2. The molecule has 2 aromatic heterocycles. The van der Waals surface area contributed by atoms with Crippen LogP contribution in [0.2, 0.25) is 0 Å². The normalized spacial score (nSPS) is 17.3. The molecule has 1 atom stereocenters. The average molecular weight is 363 g/mol. The molecule has 140 valence electrons. The number of aryl methyl sites for hydroxylation is 2. The molecule has 0 saturated carbocycles. The van der Waals surface area contributed by atoms with Crippen molar-refractivity contribution in [2.45, 2.75) is 39.2 Å². The number of benzene rings is 1. The molecule has 1 saturated heterocycles. The summed E-state index contributed by atoms with van der Waals surface area (Å²) in [6.45, 7) is 6.55. The Hall–Kier alpha value is -2.89. The predicted octanol–water partition coefficient (Wildman–Crippen LogP) is 3.62. The fraction of sp³-hybridized carbons (Fsp3) is 0.381. The number of nitrogens with one attached hydrogen (secondary N) is 1. The topological polar surface area (TPSA) is 66.8 Å². The molecule has 6 heteroatoms. The summed E-state index contributed by atoms with van der Waals surface area (Å²) in [5.41, 5.74) is 3.58. The number of hydrogen-bond donors (Lipinski definition) is 1. The molecule has 3 aromatic rings. The van der Waals surface area contributed by atoms with E-state index >= 15 is 0 Å². The largest absolute Gasteiger partial charge is 0.338 e. The van der Waals surface area contributed by atoms with Gasteiger partial charge < -0.3 is 9.47 Å². The summed E-state index contributed by atoms with van der Waals surface area (Å²) in [5, 5.41) is 7.16. The van der Waals surface area contributed by atoms with Crippen LogP contribution in [0.5, 0.6) is 0 Å². The second kappa shape index (κ2) is 7.39. The number of carbonyl (C=O) groups excluding carboxylic acids is 1. The first-order chi connectivity index (χ1) is 13.2. The zero-order chi connectivity index (χ0) is 18.8. The van der Waals surface area contributed by atoms with E-state index in [-0.39, 0.29) is 11.8 Å². The highest BCUT2D eigenvalue weighted by molar-refractivity contribution is 5.99. The molecule has 1 N–H and O–H groups in total. The molecule has 4 rings (SSSR count). The number of imidazole rings is 1. The van der Waals surface area contributed by atoms with Crippen molar-refractivity contribution in [3.63, 3.8) is 0 Å². The number of piperidine rings is 1. The molecule has 0 radical (unpaired) electrons. The number of hydrogen-bond acceptors (Lipinski definition) is 3. The summed E-state index contributed by atoms with van der Waals surface area (Å²) in [6.07, 6.45) is 7.58. The minimum absolute atomic E-state index is 0.0413. The van der Waals surface area contributed by atoms with Crippen LogP contribution >= 0.6 is 0 Å². The Morgan fingerprint density at radius 1 is 1.37 bits per heavy atom. The fourth-order valence-electron chi connectivity index (χ4n) is 3.96. The molecule has 1 aliphatic rings. The third-order valence-corrected chi connectivity index (χ3v) is 5.34. The van der Waals surface area contributed by atoms with Crippen molar-refractivity contribution in [2.24, 2.45) is 0 Å². The van der Waals surface area contributed by atoms with Crippen LogP contribution in [0.4, 0.5) is 0 Å². The molecule has 1 aliphatic heterocycles. The molecule has 3 heterocycles. The van der Waals surface area contributed by atoms with Crippen molar-refractivity contribution >= 4 is 5.91 Å². The van der Waals surface area contributed by atoms with Gasteiger partial charge in [0, 0.05) is 43.5 Å². The molecular weight excluding hydrogens is 338 g/mol. The quantitative estimate of drug-likeness (QED) is 0.770. The lowest BCUT2D eigenvalue weighted by atomic mass is 9.96. The summed E-state index contributed by atoms with van der Waals surface area (Å²) in [6, 6.07) is 8.13. The Balaban J connectivity index is 1.58. The van der Waals surface area contributed by atoms with Crippen LogP contribution in [0.25, 0.3) is 11.3 Å². The Morgan fingerprint density at radius 3 is 3.07 bits per heavy atom. The Labute approximate surface area is 159 Å². The van der Waals surface area contributed by atoms with Gasteiger partial charge in [-0.3, -0.25) is 9.89 Å². The summed E-state index contributed by atoms with van der Waals surface area (Å²) >= 11 is 0. The van der Waals surface area contributed by atoms with Gasteiger partial charge in [0.25, 0.3) is 5.91 Å². The number of nitrogens with zero attached hydrogens (tertiary/aromatic N) is 4. The van der Waals surface area contributed by atoms with E-state index in [0.29, 0.717) is 12.1 Å². The third kappa shape index (κ3) is 3.39. The molecule has 1 amide bonds. The number of H-pyrrole nitrogens is 1. The van der Waals surface area contributed by atoms with Gasteiger partial charge in [0.1, 0.15) is 5.82 Å². The number of rotatable bonds is 4. The second-order valence-electron chi connectivity index (χ2n) is 7.19. The lowest BCUT2D eigenvalue weighted by molar-refractivity contribution is 0.0704. The van der Waals surface area contributed by atoms with Crippen LogP contribution in [-0.2, 0) is 6.54 Å². The van der Waals surface area contributed by atoms with Crippen LogP contribution in [0, 0.1) is 6.92 Å². The first-order valence-electron chi connectivity index (χ1n) is 9.58. The summed E-state index contributed by atoms with van der Waals surface area (Å²) in [4.78, 5) is 19.7. The molecule has 1 unspecified atom stereocenters. The summed E-state index contributed by atoms with van der Waals surface area (Å²) in [7, 11) is 0. The van der Waals surface area contributed by atoms with Gasteiger partial charge in [0.15, 0.2) is 0 Å². The molecule has 6 nitrogen and oxygen atoms in total. The zero-order valence-corrected chi connectivity index (χ0v) is 15.9. The average Bonchev–Trinajstić information content (AvgIpc) is 3.36. The van der Waals surface area contributed by atoms with Crippen LogP contribution < -0.4 is 0 Å². The van der Waals surface area contributed by atoms with Gasteiger partial charge in [0.05, 0.1) is 17.5 Å². The minimum Gasteiger partial charge on any atom is -0.338 e. The van der Waals surface area contributed by atoms with Gasteiger partial charge in [-0.2, -0.15) is 5.10 Å². The van der Waals surface area contributed by atoms with E-state index in [2.05, 4.69) is 32.7 Å². The molecule has 0 aliphatic carbocycles. The van der Waals surface area contributed by atoms with Crippen LogP contribution in [0.3, 0.4) is 0 Å². The van der Waals surface area contributed by atoms with E-state index in [1.54, 1.807) is 6.20 Å². The number of likely N-dealkylation sites (tertiary alicyclic amines) is 1. The lowest BCUT2D eigenvalue weighted by Crippen LogP contribution is -2.39. The molecular formula is C21H25N5O. The first kappa shape index (κ1) is 17.5. The Bertz CT molecular complexity index is 941. The van der Waals surface area contributed by atoms with Crippen molar-refractivity contribution in [2.75, 3.05) is 13.1 Å². The standard InChI is InChI=1S/C21H25N5O/c1-3-25-11-9-22-20(25)17-8-5-10-26(14-17)21(27)18-13-23-24-19(18)16-7-4-6-15(2)12-16/h4,6-7,9,11-13,17H,3,5,8,10,14H2,1-2H3,(H,23,24). The zero-order valence-electron chi connectivity index (χ0n) is 15.9. The maximum Gasteiger partial charge on any atom is 0.257 e. The van der Waals surface area contributed by atoms with Crippen molar-refractivity contribution in [3.05, 3.63) is 59.8 Å². The predicted molar refractivity (Wildman–Crippen MR) is 105 cm³/mol. The van der Waals surface area contributed by atoms with Crippen LogP contribution in [0.15, 0.2) is 42.9 Å². The number of aromatic nitrogens is 4. The SMILES string of the molecule is CCn1ccnc1C1CCCN(C(=O)c2cn[nH]c2-c2cccc(C)c2)C1. The monoisotopic (exact) mass is 363 g/mol. The van der Waals surface area contributed by atoms with Crippen molar-refractivity contribution < 1.29 is 4.79 Å². The minimum atomic E-state index is 0.0413. The molecule has 0 bridgehead atoms. The van der Waals surface area contributed by atoms with Gasteiger partial charge >= 0.3 is 0 Å². The van der Waals surface area contributed by atoms with Crippen molar-refractivity contribution in [1.29, 1.82) is 0 Å². The highest BCUT2D eigenvalue weighted by Crippen LogP contribution is 2.29. The van der Waals surface area contributed by atoms with E-state index in [1.165, 1.54) is 0 Å². The van der Waals surface area contributed by atoms with E-state index in [0.717, 1.165) is 48.6 Å². The first-order valence-corrected chi connectivity index (χ1v) is 9.58. The van der Waals surface area contributed by atoms with Gasteiger partial charge in [0.2, 0.25) is 0 Å². The van der Waals surface area contributed by atoms with Gasteiger partial charge in [-0.25, -0.2) is 4.98 Å². The lowest BCUT2D eigenvalue weighted by Gasteiger charge is -2.32. The van der Waals surface area contributed by atoms with Crippen LogP contribution in [-0.4, -0.2) is 43.6 Å². The van der Waals surface area contributed by atoms with Gasteiger partial charge in [-0.15, -0.1) is 0 Å². The van der Waals surface area contributed by atoms with E-state index in [1.807, 2.05) is 42.4 Å². The van der Waals surface area contributed by atoms with E-state index in [4.69, 9.17) is 0 Å². The van der Waals surface area contributed by atoms with E-state index < -0.39 is 0 Å². The Morgan fingerprint density at radius 2 is 2.26 bits per heavy atom. The fourth-order valence-corrected chi connectivity index (χ4v) is 3.96. The molecule has 1 aromatic carbocycles. The van der Waals surface area contributed by atoms with Gasteiger partial charge in [-0.1, -0.05) is 23.8 Å². The van der Waals surface area contributed by atoms with Gasteiger partial charge in [-0.05, 0) is 32.8 Å². The maximum absolute atomic E-state index is 13.2. The van der Waals surface area contributed by atoms with Crippen molar-refractivity contribution in [3.8, 4) is 11.3 Å².